The third kappa shape index (κ3) is 4.37. The van der Waals surface area contributed by atoms with Crippen LogP contribution in [0, 0.1) is 13.8 Å². The Morgan fingerprint density at radius 1 is 0.966 bits per heavy atom. The van der Waals surface area contributed by atoms with E-state index in [2.05, 4.69) is 52.2 Å². The third-order valence-corrected chi connectivity index (χ3v) is 5.19. The van der Waals surface area contributed by atoms with Gasteiger partial charge in [0, 0.05) is 38.1 Å². The number of aromatic nitrogens is 2. The van der Waals surface area contributed by atoms with Crippen molar-refractivity contribution in [2.24, 2.45) is 0 Å². The average molecular weight is 387 g/mol. The van der Waals surface area contributed by atoms with Gasteiger partial charge in [0.15, 0.2) is 0 Å². The van der Waals surface area contributed by atoms with Crippen molar-refractivity contribution in [1.82, 2.24) is 14.9 Å². The first kappa shape index (κ1) is 18.9. The molecule has 1 N–H and O–H groups in total. The van der Waals surface area contributed by atoms with E-state index in [1.165, 1.54) is 11.1 Å². The molecule has 0 spiro atoms. The zero-order valence-corrected chi connectivity index (χ0v) is 16.8. The van der Waals surface area contributed by atoms with Crippen LogP contribution in [-0.2, 0) is 0 Å². The predicted molar refractivity (Wildman–Crippen MR) is 116 cm³/mol. The molecule has 1 aliphatic heterocycles. The van der Waals surface area contributed by atoms with Gasteiger partial charge in [-0.1, -0.05) is 18.2 Å². The van der Waals surface area contributed by atoms with Crippen LogP contribution >= 0.6 is 0 Å². The number of aryl methyl sites for hydroxylation is 2. The van der Waals surface area contributed by atoms with Crippen molar-refractivity contribution < 1.29 is 4.79 Å². The van der Waals surface area contributed by atoms with E-state index in [4.69, 9.17) is 0 Å². The molecule has 1 amide bonds. The molecule has 0 saturated carbocycles. The second-order valence-electron chi connectivity index (χ2n) is 7.34. The Morgan fingerprint density at radius 2 is 1.79 bits per heavy atom. The highest BCUT2D eigenvalue weighted by Crippen LogP contribution is 2.22. The lowest BCUT2D eigenvalue weighted by atomic mass is 10.1. The number of nitrogens with one attached hydrogen (secondary N) is 1. The van der Waals surface area contributed by atoms with E-state index in [-0.39, 0.29) is 5.91 Å². The minimum absolute atomic E-state index is 0.0241. The summed E-state index contributed by atoms with van der Waals surface area (Å²) >= 11 is 0. The lowest BCUT2D eigenvalue weighted by molar-refractivity contribution is 0.0740. The van der Waals surface area contributed by atoms with Gasteiger partial charge >= 0.3 is 0 Å². The molecule has 6 nitrogen and oxygen atoms in total. The molecule has 0 radical (unpaired) electrons. The van der Waals surface area contributed by atoms with E-state index in [0.717, 1.165) is 30.3 Å². The largest absolute Gasteiger partial charge is 0.354 e. The molecule has 1 aliphatic rings. The van der Waals surface area contributed by atoms with Crippen molar-refractivity contribution in [3.05, 3.63) is 77.7 Å². The summed E-state index contributed by atoms with van der Waals surface area (Å²) in [6.07, 6.45) is 3.52. The minimum atomic E-state index is -0.0241. The molecule has 0 bridgehead atoms. The Labute approximate surface area is 171 Å². The van der Waals surface area contributed by atoms with Crippen LogP contribution in [0.5, 0.6) is 0 Å². The fourth-order valence-corrected chi connectivity index (χ4v) is 3.46. The van der Waals surface area contributed by atoms with E-state index >= 15 is 0 Å². The van der Waals surface area contributed by atoms with Crippen molar-refractivity contribution in [3.63, 3.8) is 0 Å². The predicted octanol–water partition coefficient (Wildman–Crippen LogP) is 3.80. The number of hydrogen-bond donors (Lipinski definition) is 1. The number of nitrogens with zero attached hydrogens (tertiary/aromatic N) is 4. The molecule has 0 atom stereocenters. The van der Waals surface area contributed by atoms with Crippen LogP contribution in [0.1, 0.15) is 21.6 Å². The first-order valence-electron chi connectivity index (χ1n) is 9.86. The van der Waals surface area contributed by atoms with Crippen LogP contribution < -0.4 is 10.2 Å². The molecule has 4 rings (SSSR count). The van der Waals surface area contributed by atoms with Crippen molar-refractivity contribution in [3.8, 4) is 0 Å². The number of carbonyl (C=O) groups excluding carboxylic acids is 1. The van der Waals surface area contributed by atoms with Crippen molar-refractivity contribution in [2.75, 3.05) is 36.4 Å². The highest BCUT2D eigenvalue weighted by atomic mass is 16.2. The molecule has 0 aliphatic carbocycles. The second kappa shape index (κ2) is 8.31. The van der Waals surface area contributed by atoms with Gasteiger partial charge in [0.25, 0.3) is 5.91 Å². The number of carbonyl (C=O) groups is 1. The van der Waals surface area contributed by atoms with Gasteiger partial charge in [-0.3, -0.25) is 4.79 Å². The van der Waals surface area contributed by atoms with Gasteiger partial charge in [0.1, 0.15) is 11.5 Å². The first-order chi connectivity index (χ1) is 14.1. The molecule has 0 unspecified atom stereocenters. The number of anilines is 3. The highest BCUT2D eigenvalue weighted by molar-refractivity contribution is 5.92. The number of benzene rings is 1. The van der Waals surface area contributed by atoms with Gasteiger partial charge < -0.3 is 15.1 Å². The lowest BCUT2D eigenvalue weighted by Gasteiger charge is -2.35. The summed E-state index contributed by atoms with van der Waals surface area (Å²) in [6.45, 7) is 7.01. The van der Waals surface area contributed by atoms with Gasteiger partial charge in [-0.15, -0.1) is 0 Å². The standard InChI is InChI=1S/C23H25N5O/c1-17-6-7-18(2)21(15-17)26-19-8-9-20(25-16-19)23(29)28-13-11-27(12-14-28)22-5-3-4-10-24-22/h3-10,15-16,26H,11-14H2,1-2H3. The summed E-state index contributed by atoms with van der Waals surface area (Å²) in [6, 6.07) is 15.9. The highest BCUT2D eigenvalue weighted by Gasteiger charge is 2.23. The molecule has 3 heterocycles. The van der Waals surface area contributed by atoms with Crippen LogP contribution in [0.4, 0.5) is 17.2 Å². The van der Waals surface area contributed by atoms with Crippen LogP contribution in [0.25, 0.3) is 0 Å². The van der Waals surface area contributed by atoms with Gasteiger partial charge in [-0.05, 0) is 55.3 Å². The molecule has 29 heavy (non-hydrogen) atoms. The van der Waals surface area contributed by atoms with E-state index in [9.17, 15) is 4.79 Å². The Balaban J connectivity index is 1.38. The lowest BCUT2D eigenvalue weighted by Crippen LogP contribution is -2.49. The maximum absolute atomic E-state index is 12.8. The molecule has 6 heteroatoms. The zero-order valence-electron chi connectivity index (χ0n) is 16.8. The number of rotatable bonds is 4. The Kier molecular flexibility index (Phi) is 5.42. The van der Waals surface area contributed by atoms with Gasteiger partial charge in [0.05, 0.1) is 11.9 Å². The maximum atomic E-state index is 12.8. The second-order valence-corrected chi connectivity index (χ2v) is 7.34. The Morgan fingerprint density at radius 3 is 2.48 bits per heavy atom. The topological polar surface area (TPSA) is 61.4 Å². The molecular weight excluding hydrogens is 362 g/mol. The average Bonchev–Trinajstić information content (AvgIpc) is 2.77. The molecule has 1 saturated heterocycles. The maximum Gasteiger partial charge on any atom is 0.272 e. The monoisotopic (exact) mass is 387 g/mol. The molecule has 2 aromatic heterocycles. The number of amides is 1. The fourth-order valence-electron chi connectivity index (χ4n) is 3.46. The van der Waals surface area contributed by atoms with Crippen molar-refractivity contribution in [2.45, 2.75) is 13.8 Å². The summed E-state index contributed by atoms with van der Waals surface area (Å²) in [7, 11) is 0. The molecular formula is C23H25N5O. The number of pyridine rings is 2. The van der Waals surface area contributed by atoms with Crippen LogP contribution in [0.3, 0.4) is 0 Å². The fraction of sp³-hybridized carbons (Fsp3) is 0.261. The van der Waals surface area contributed by atoms with Gasteiger partial charge in [-0.2, -0.15) is 0 Å². The van der Waals surface area contributed by atoms with Gasteiger partial charge in [-0.25, -0.2) is 9.97 Å². The quantitative estimate of drug-likeness (QED) is 0.738. The third-order valence-electron chi connectivity index (χ3n) is 5.19. The van der Waals surface area contributed by atoms with Crippen molar-refractivity contribution in [1.29, 1.82) is 0 Å². The van der Waals surface area contributed by atoms with Crippen LogP contribution in [-0.4, -0.2) is 47.0 Å². The molecule has 1 aromatic carbocycles. The van der Waals surface area contributed by atoms with E-state index in [1.807, 2.05) is 29.2 Å². The number of hydrogen-bond acceptors (Lipinski definition) is 5. The summed E-state index contributed by atoms with van der Waals surface area (Å²) in [5, 5.41) is 3.38. The normalized spacial score (nSPS) is 14.0. The Bertz CT molecular complexity index is 980. The van der Waals surface area contributed by atoms with Crippen molar-refractivity contribution >= 4 is 23.1 Å². The van der Waals surface area contributed by atoms with E-state index in [1.54, 1.807) is 18.5 Å². The minimum Gasteiger partial charge on any atom is -0.354 e. The van der Waals surface area contributed by atoms with E-state index in [0.29, 0.717) is 18.8 Å². The summed E-state index contributed by atoms with van der Waals surface area (Å²) in [5.41, 5.74) is 4.76. The summed E-state index contributed by atoms with van der Waals surface area (Å²) in [4.78, 5) is 25.7. The molecule has 1 fully saturated rings. The first-order valence-corrected chi connectivity index (χ1v) is 9.86. The Hall–Kier alpha value is -3.41. The summed E-state index contributed by atoms with van der Waals surface area (Å²) in [5.74, 6) is 0.934. The van der Waals surface area contributed by atoms with Gasteiger partial charge in [0.2, 0.25) is 0 Å². The number of piperazine rings is 1. The molecule has 148 valence electrons. The molecule has 3 aromatic rings. The van der Waals surface area contributed by atoms with Crippen LogP contribution in [0.15, 0.2) is 60.9 Å². The van der Waals surface area contributed by atoms with E-state index < -0.39 is 0 Å². The zero-order chi connectivity index (χ0) is 20.2. The summed E-state index contributed by atoms with van der Waals surface area (Å²) < 4.78 is 0. The smallest absolute Gasteiger partial charge is 0.272 e. The van der Waals surface area contributed by atoms with Crippen LogP contribution in [0.2, 0.25) is 0 Å². The SMILES string of the molecule is Cc1ccc(C)c(Nc2ccc(C(=O)N3CCN(c4ccccn4)CC3)nc2)c1.